The van der Waals surface area contributed by atoms with E-state index in [9.17, 15) is 0 Å². The molecule has 122 valence electrons. The van der Waals surface area contributed by atoms with Crippen molar-refractivity contribution in [3.8, 4) is 0 Å². The molecule has 1 nitrogen and oxygen atoms in total. The quantitative estimate of drug-likeness (QED) is 0.534. The molecular formula is C22H24NP. The molecule has 0 saturated carbocycles. The van der Waals surface area contributed by atoms with E-state index in [-0.39, 0.29) is 7.92 Å². The zero-order valence-corrected chi connectivity index (χ0v) is 14.9. The molecule has 2 heteroatoms. The Morgan fingerprint density at radius 1 is 0.958 bits per heavy atom. The molecule has 0 radical (unpaired) electrons. The third-order valence-corrected chi connectivity index (χ3v) is 6.72. The standard InChI is InChI=1S/C22H24NP/c1-2-16-23-17-13-20(14-18-23)15-19-24(21-9-5-3-6-10-21)22-11-7-4-8-12-22/h2-14,17H,1,15-16,18-19H2. The molecule has 24 heavy (non-hydrogen) atoms. The number of hydrogen-bond acceptors (Lipinski definition) is 1. The second-order valence-electron chi connectivity index (χ2n) is 5.91. The van der Waals surface area contributed by atoms with Gasteiger partial charge in [-0.2, -0.15) is 0 Å². The summed E-state index contributed by atoms with van der Waals surface area (Å²) in [5.41, 5.74) is 1.45. The van der Waals surface area contributed by atoms with E-state index in [2.05, 4.69) is 90.5 Å². The summed E-state index contributed by atoms with van der Waals surface area (Å²) in [5.74, 6) is 0. The molecule has 0 atom stereocenters. The summed E-state index contributed by atoms with van der Waals surface area (Å²) in [6, 6.07) is 21.9. The molecule has 0 fully saturated rings. The van der Waals surface area contributed by atoms with Crippen LogP contribution in [0.2, 0.25) is 0 Å². The van der Waals surface area contributed by atoms with E-state index in [0.717, 1.165) is 19.5 Å². The van der Waals surface area contributed by atoms with Gasteiger partial charge in [-0.1, -0.05) is 72.8 Å². The first kappa shape index (κ1) is 16.7. The third kappa shape index (κ3) is 4.46. The lowest BCUT2D eigenvalue weighted by Gasteiger charge is -2.23. The molecule has 1 aliphatic heterocycles. The molecular weight excluding hydrogens is 309 g/mol. The average Bonchev–Trinajstić information content (AvgIpc) is 2.65. The van der Waals surface area contributed by atoms with Crippen LogP contribution in [0.1, 0.15) is 6.42 Å². The first-order valence-corrected chi connectivity index (χ1v) is 9.99. The lowest BCUT2D eigenvalue weighted by atomic mass is 10.1. The minimum atomic E-state index is -0.298. The summed E-state index contributed by atoms with van der Waals surface area (Å²) >= 11 is 0. The zero-order chi connectivity index (χ0) is 16.6. The van der Waals surface area contributed by atoms with E-state index in [0.29, 0.717) is 0 Å². The largest absolute Gasteiger partial charge is 0.370 e. The van der Waals surface area contributed by atoms with Crippen molar-refractivity contribution < 1.29 is 0 Å². The molecule has 1 heterocycles. The molecule has 0 bridgehead atoms. The van der Waals surface area contributed by atoms with Gasteiger partial charge in [-0.05, 0) is 49.0 Å². The normalized spacial score (nSPS) is 13.9. The Kier molecular flexibility index (Phi) is 6.04. The van der Waals surface area contributed by atoms with Crippen molar-refractivity contribution in [3.63, 3.8) is 0 Å². The van der Waals surface area contributed by atoms with Gasteiger partial charge in [-0.15, -0.1) is 6.58 Å². The smallest absolute Gasteiger partial charge is 0.0363 e. The van der Waals surface area contributed by atoms with Crippen LogP contribution in [0.4, 0.5) is 0 Å². The monoisotopic (exact) mass is 333 g/mol. The molecule has 0 spiro atoms. The predicted octanol–water partition coefficient (Wildman–Crippen LogP) is 4.45. The van der Waals surface area contributed by atoms with E-state index < -0.39 is 0 Å². The molecule has 2 aromatic rings. The molecule has 0 amide bonds. The Bertz CT molecular complexity index is 664. The highest BCUT2D eigenvalue weighted by atomic mass is 31.1. The minimum absolute atomic E-state index is 0.298. The summed E-state index contributed by atoms with van der Waals surface area (Å²) in [6.07, 6.45) is 11.1. The highest BCUT2D eigenvalue weighted by molar-refractivity contribution is 7.73. The van der Waals surface area contributed by atoms with Gasteiger partial charge in [-0.3, -0.25) is 0 Å². The van der Waals surface area contributed by atoms with Gasteiger partial charge in [0.05, 0.1) is 0 Å². The number of nitrogens with zero attached hydrogens (tertiary/aromatic N) is 1. The fourth-order valence-electron chi connectivity index (χ4n) is 2.92. The van der Waals surface area contributed by atoms with Crippen molar-refractivity contribution >= 4 is 18.5 Å². The molecule has 1 aliphatic rings. The zero-order valence-electron chi connectivity index (χ0n) is 14.0. The Labute approximate surface area is 146 Å². The molecule has 0 saturated heterocycles. The Balaban J connectivity index is 1.70. The number of allylic oxidation sites excluding steroid dienone is 2. The lowest BCUT2D eigenvalue weighted by molar-refractivity contribution is 0.455. The Hall–Kier alpha value is -2.11. The van der Waals surface area contributed by atoms with E-state index >= 15 is 0 Å². The van der Waals surface area contributed by atoms with Crippen molar-refractivity contribution in [2.75, 3.05) is 19.3 Å². The number of benzene rings is 2. The molecule has 0 aliphatic carbocycles. The first-order valence-electron chi connectivity index (χ1n) is 8.46. The molecule has 2 aromatic carbocycles. The summed E-state index contributed by atoms with van der Waals surface area (Å²) in [4.78, 5) is 2.27. The SMILES string of the molecule is C=CCN1C=CC(CCP(c2ccccc2)c2ccccc2)=CC1. The maximum absolute atomic E-state index is 3.81. The first-order chi connectivity index (χ1) is 11.9. The van der Waals surface area contributed by atoms with Gasteiger partial charge in [0.1, 0.15) is 0 Å². The lowest BCUT2D eigenvalue weighted by Crippen LogP contribution is -2.20. The van der Waals surface area contributed by atoms with Crippen LogP contribution in [0.15, 0.2) is 97.2 Å². The third-order valence-electron chi connectivity index (χ3n) is 4.21. The van der Waals surface area contributed by atoms with Gasteiger partial charge in [0.2, 0.25) is 0 Å². The van der Waals surface area contributed by atoms with Crippen LogP contribution >= 0.6 is 7.92 Å². The van der Waals surface area contributed by atoms with Crippen LogP contribution < -0.4 is 10.6 Å². The summed E-state index contributed by atoms with van der Waals surface area (Å²) < 4.78 is 0. The summed E-state index contributed by atoms with van der Waals surface area (Å²) in [7, 11) is -0.298. The summed E-state index contributed by atoms with van der Waals surface area (Å²) in [5, 5.41) is 2.93. The average molecular weight is 333 g/mol. The van der Waals surface area contributed by atoms with Gasteiger partial charge in [0.25, 0.3) is 0 Å². The van der Waals surface area contributed by atoms with Crippen LogP contribution in [0, 0.1) is 0 Å². The fraction of sp³-hybridized carbons (Fsp3) is 0.182. The Morgan fingerprint density at radius 2 is 1.58 bits per heavy atom. The van der Waals surface area contributed by atoms with E-state index in [1.54, 1.807) is 0 Å². The number of hydrogen-bond donors (Lipinski definition) is 0. The van der Waals surface area contributed by atoms with Crippen LogP contribution in [0.5, 0.6) is 0 Å². The van der Waals surface area contributed by atoms with Gasteiger partial charge < -0.3 is 4.90 Å². The van der Waals surface area contributed by atoms with Crippen molar-refractivity contribution in [2.24, 2.45) is 0 Å². The van der Waals surface area contributed by atoms with Gasteiger partial charge in [-0.25, -0.2) is 0 Å². The maximum atomic E-state index is 3.81. The van der Waals surface area contributed by atoms with Crippen molar-refractivity contribution in [2.45, 2.75) is 6.42 Å². The molecule has 0 N–H and O–H groups in total. The second kappa shape index (κ2) is 8.66. The van der Waals surface area contributed by atoms with E-state index in [1.807, 2.05) is 6.08 Å². The van der Waals surface area contributed by atoms with Gasteiger partial charge in [0.15, 0.2) is 0 Å². The highest BCUT2D eigenvalue weighted by Crippen LogP contribution is 2.35. The number of rotatable bonds is 7. The fourth-order valence-corrected chi connectivity index (χ4v) is 5.28. The van der Waals surface area contributed by atoms with Crippen molar-refractivity contribution in [1.29, 1.82) is 0 Å². The second-order valence-corrected chi connectivity index (χ2v) is 8.25. The van der Waals surface area contributed by atoms with Crippen LogP contribution in [-0.2, 0) is 0 Å². The molecule has 0 unspecified atom stereocenters. The van der Waals surface area contributed by atoms with Crippen LogP contribution in [0.3, 0.4) is 0 Å². The highest BCUT2D eigenvalue weighted by Gasteiger charge is 2.14. The van der Waals surface area contributed by atoms with Crippen LogP contribution in [0.25, 0.3) is 0 Å². The van der Waals surface area contributed by atoms with Crippen LogP contribution in [-0.4, -0.2) is 24.2 Å². The predicted molar refractivity (Wildman–Crippen MR) is 108 cm³/mol. The molecule has 3 rings (SSSR count). The minimum Gasteiger partial charge on any atom is -0.370 e. The topological polar surface area (TPSA) is 3.24 Å². The van der Waals surface area contributed by atoms with Gasteiger partial charge >= 0.3 is 0 Å². The summed E-state index contributed by atoms with van der Waals surface area (Å²) in [6.45, 7) is 5.72. The van der Waals surface area contributed by atoms with Crippen molar-refractivity contribution in [3.05, 3.63) is 97.2 Å². The maximum Gasteiger partial charge on any atom is 0.0363 e. The van der Waals surface area contributed by atoms with E-state index in [1.165, 1.54) is 22.3 Å². The Morgan fingerprint density at radius 3 is 2.08 bits per heavy atom. The van der Waals surface area contributed by atoms with E-state index in [4.69, 9.17) is 0 Å². The van der Waals surface area contributed by atoms with Crippen molar-refractivity contribution in [1.82, 2.24) is 4.90 Å². The molecule has 0 aromatic heterocycles. The van der Waals surface area contributed by atoms with Gasteiger partial charge in [0, 0.05) is 13.1 Å².